The van der Waals surface area contributed by atoms with E-state index in [2.05, 4.69) is 4.98 Å². The first-order chi connectivity index (χ1) is 11.7. The average Bonchev–Trinajstić information content (AvgIpc) is 2.84. The lowest BCUT2D eigenvalue weighted by molar-refractivity contribution is -0.124. The number of hydroxylamine groups is 1. The highest BCUT2D eigenvalue weighted by Crippen LogP contribution is 2.24. The number of rotatable bonds is 7. The van der Waals surface area contributed by atoms with E-state index in [0.29, 0.717) is 30.0 Å². The summed E-state index contributed by atoms with van der Waals surface area (Å²) in [6.07, 6.45) is 2.25. The van der Waals surface area contributed by atoms with E-state index in [1.54, 1.807) is 22.8 Å². The maximum Gasteiger partial charge on any atom is 0.267 e. The Labute approximate surface area is 144 Å². The lowest BCUT2D eigenvalue weighted by Gasteiger charge is -2.15. The number of carbonyl (C=O) groups is 1. The van der Waals surface area contributed by atoms with Crippen LogP contribution in [0.4, 0.5) is 8.78 Å². The predicted molar refractivity (Wildman–Crippen MR) is 91.6 cm³/mol. The molecule has 0 aliphatic rings. The summed E-state index contributed by atoms with van der Waals surface area (Å²) in [7, 11) is 3.84. The number of carbonyl (C=O) groups excluding carboxylic acids is 1. The average molecular weight is 352 g/mol. The number of hydrogen-bond donors (Lipinski definition) is 2. The smallest absolute Gasteiger partial charge is 0.267 e. The van der Waals surface area contributed by atoms with Crippen molar-refractivity contribution in [2.45, 2.75) is 25.8 Å². The monoisotopic (exact) mass is 352 g/mol. The second-order valence-corrected chi connectivity index (χ2v) is 6.29. The molecule has 0 unspecified atom stereocenters. The van der Waals surface area contributed by atoms with Gasteiger partial charge >= 0.3 is 0 Å². The van der Waals surface area contributed by atoms with Gasteiger partial charge in [0.1, 0.15) is 5.82 Å². The van der Waals surface area contributed by atoms with Crippen molar-refractivity contribution in [3.63, 3.8) is 0 Å². The fourth-order valence-corrected chi connectivity index (χ4v) is 2.47. The number of aromatic nitrogens is 2. The molecule has 0 aliphatic heterocycles. The minimum Gasteiger partial charge on any atom is -0.327 e. The Morgan fingerprint density at radius 1 is 1.44 bits per heavy atom. The zero-order valence-electron chi connectivity index (χ0n) is 14.5. The van der Waals surface area contributed by atoms with Gasteiger partial charge in [-0.25, -0.2) is 19.2 Å². The number of amides is 1. The van der Waals surface area contributed by atoms with Crippen LogP contribution in [0.25, 0.3) is 17.1 Å². The minimum absolute atomic E-state index is 0.332. The molecule has 0 spiro atoms. The Balaban J connectivity index is 2.41. The van der Waals surface area contributed by atoms with Crippen molar-refractivity contribution in [3.05, 3.63) is 35.7 Å². The van der Waals surface area contributed by atoms with Crippen LogP contribution >= 0.6 is 0 Å². The minimum atomic E-state index is -2.85. The Morgan fingerprint density at radius 3 is 2.76 bits per heavy atom. The van der Waals surface area contributed by atoms with Crippen LogP contribution in [0.2, 0.25) is 0 Å². The van der Waals surface area contributed by atoms with Gasteiger partial charge in [-0.05, 0) is 44.8 Å². The van der Waals surface area contributed by atoms with Gasteiger partial charge in [0.2, 0.25) is 0 Å². The number of nitrogens with one attached hydrogen (secondary N) is 1. The lowest BCUT2D eigenvalue weighted by atomic mass is 10.2. The summed E-state index contributed by atoms with van der Waals surface area (Å²) in [6, 6.07) is 5.29. The van der Waals surface area contributed by atoms with Crippen molar-refractivity contribution in [2.75, 3.05) is 20.6 Å². The highest BCUT2D eigenvalue weighted by Gasteiger charge is 2.25. The predicted octanol–water partition coefficient (Wildman–Crippen LogP) is 2.31. The van der Waals surface area contributed by atoms with Gasteiger partial charge in [0, 0.05) is 19.2 Å². The third-order valence-corrected chi connectivity index (χ3v) is 3.63. The van der Waals surface area contributed by atoms with Crippen LogP contribution in [0.15, 0.2) is 24.3 Å². The van der Waals surface area contributed by atoms with Gasteiger partial charge in [-0.15, -0.1) is 0 Å². The van der Waals surface area contributed by atoms with Gasteiger partial charge in [0.15, 0.2) is 0 Å². The van der Waals surface area contributed by atoms with Crippen LogP contribution < -0.4 is 5.48 Å². The van der Waals surface area contributed by atoms with Gasteiger partial charge in [-0.2, -0.15) is 0 Å². The number of alkyl halides is 2. The molecule has 2 rings (SSSR count). The summed E-state index contributed by atoms with van der Waals surface area (Å²) in [5, 5.41) is 8.49. The molecule has 0 saturated carbocycles. The van der Waals surface area contributed by atoms with Crippen molar-refractivity contribution in [1.82, 2.24) is 19.9 Å². The topological polar surface area (TPSA) is 70.4 Å². The molecule has 8 heteroatoms. The number of likely N-dealkylation sites (N-methyl/N-ethyl adjacent to an activating group) is 1. The van der Waals surface area contributed by atoms with E-state index in [9.17, 15) is 13.6 Å². The second-order valence-electron chi connectivity index (χ2n) is 6.29. The summed E-state index contributed by atoms with van der Waals surface area (Å²) in [4.78, 5) is 17.4. The zero-order valence-corrected chi connectivity index (χ0v) is 14.5. The van der Waals surface area contributed by atoms with Crippen LogP contribution in [0.1, 0.15) is 18.3 Å². The van der Waals surface area contributed by atoms with Gasteiger partial charge in [0.05, 0.1) is 17.5 Å². The fourth-order valence-electron chi connectivity index (χ4n) is 2.47. The van der Waals surface area contributed by atoms with E-state index < -0.39 is 18.3 Å². The molecule has 6 nitrogen and oxygen atoms in total. The third kappa shape index (κ3) is 5.33. The molecule has 0 atom stereocenters. The van der Waals surface area contributed by atoms with Gasteiger partial charge in [-0.1, -0.05) is 6.07 Å². The molecule has 0 radical (unpaired) electrons. The number of halogens is 2. The molecule has 25 heavy (non-hydrogen) atoms. The Hall–Kier alpha value is -2.32. The first-order valence-electron chi connectivity index (χ1n) is 7.83. The van der Waals surface area contributed by atoms with Crippen LogP contribution in [0.3, 0.4) is 0 Å². The van der Waals surface area contributed by atoms with Crippen molar-refractivity contribution in [1.29, 1.82) is 0 Å². The van der Waals surface area contributed by atoms with Gasteiger partial charge in [0.25, 0.3) is 11.8 Å². The highest BCUT2D eigenvalue weighted by atomic mass is 19.3. The summed E-state index contributed by atoms with van der Waals surface area (Å²) in [5.74, 6) is -3.17. The Kier molecular flexibility index (Phi) is 5.86. The third-order valence-electron chi connectivity index (χ3n) is 3.63. The van der Waals surface area contributed by atoms with E-state index in [4.69, 9.17) is 5.21 Å². The molecule has 1 amide bonds. The summed E-state index contributed by atoms with van der Waals surface area (Å²) in [5.41, 5.74) is 3.54. The number of fused-ring (bicyclic) bond motifs is 1. The van der Waals surface area contributed by atoms with E-state index in [-0.39, 0.29) is 0 Å². The Bertz CT molecular complexity index is 779. The van der Waals surface area contributed by atoms with Gasteiger partial charge < -0.3 is 9.47 Å². The van der Waals surface area contributed by atoms with Gasteiger partial charge in [-0.3, -0.25) is 10.0 Å². The number of benzene rings is 1. The van der Waals surface area contributed by atoms with Crippen molar-refractivity contribution >= 4 is 23.0 Å². The Morgan fingerprint density at radius 2 is 2.16 bits per heavy atom. The molecule has 0 aliphatic carbocycles. The van der Waals surface area contributed by atoms with E-state index in [0.717, 1.165) is 12.4 Å². The lowest BCUT2D eigenvalue weighted by Crippen LogP contribution is -2.22. The quantitative estimate of drug-likeness (QED) is 0.456. The SMILES string of the molecule is CN(C)CCn1c(CC(C)(F)F)nc2cc(/C=C/C(=O)NO)ccc21. The maximum atomic E-state index is 13.5. The number of imidazole rings is 1. The number of nitrogens with zero attached hydrogens (tertiary/aromatic N) is 3. The molecule has 1 heterocycles. The van der Waals surface area contributed by atoms with E-state index in [1.807, 2.05) is 19.0 Å². The fraction of sp³-hybridized carbons (Fsp3) is 0.412. The van der Waals surface area contributed by atoms with Crippen molar-refractivity contribution in [3.8, 4) is 0 Å². The molecule has 136 valence electrons. The standard InChI is InChI=1S/C17H22F2N4O2/c1-17(18,19)11-15-20-13-10-12(5-7-16(24)21-25)4-6-14(13)23(15)9-8-22(2)3/h4-7,10,25H,8-9,11H2,1-3H3,(H,21,24)/b7-5+. The maximum absolute atomic E-state index is 13.5. The molecule has 1 aromatic carbocycles. The molecule has 2 aromatic rings. The van der Waals surface area contributed by atoms with Crippen LogP contribution in [-0.2, 0) is 17.8 Å². The molecular formula is C17H22F2N4O2. The molecule has 1 aromatic heterocycles. The van der Waals surface area contributed by atoms with E-state index in [1.165, 1.54) is 17.6 Å². The van der Waals surface area contributed by atoms with Crippen molar-refractivity contribution < 1.29 is 18.8 Å². The first-order valence-corrected chi connectivity index (χ1v) is 7.83. The normalized spacial score (nSPS) is 12.4. The van der Waals surface area contributed by atoms with E-state index >= 15 is 0 Å². The van der Waals surface area contributed by atoms with Crippen LogP contribution in [0.5, 0.6) is 0 Å². The van der Waals surface area contributed by atoms with Crippen LogP contribution in [-0.4, -0.2) is 52.1 Å². The summed E-state index contributed by atoms with van der Waals surface area (Å²) in [6.45, 7) is 2.13. The molecule has 0 fully saturated rings. The molecule has 2 N–H and O–H groups in total. The molecular weight excluding hydrogens is 330 g/mol. The zero-order chi connectivity index (χ0) is 18.6. The summed E-state index contributed by atoms with van der Waals surface area (Å²) < 4.78 is 28.8. The molecule has 0 saturated heterocycles. The largest absolute Gasteiger partial charge is 0.327 e. The highest BCUT2D eigenvalue weighted by molar-refractivity contribution is 5.91. The first kappa shape index (κ1) is 19.0. The van der Waals surface area contributed by atoms with Crippen molar-refractivity contribution in [2.24, 2.45) is 0 Å². The number of hydrogen-bond acceptors (Lipinski definition) is 4. The summed E-state index contributed by atoms with van der Waals surface area (Å²) >= 11 is 0. The van der Waals surface area contributed by atoms with Crippen LogP contribution in [0, 0.1) is 0 Å². The molecule has 0 bridgehead atoms. The second kappa shape index (κ2) is 7.71.